The Labute approximate surface area is 125 Å². The molecule has 1 fully saturated rings. The van der Waals surface area contributed by atoms with E-state index < -0.39 is 10.0 Å². The summed E-state index contributed by atoms with van der Waals surface area (Å²) in [5, 5.41) is 9.17. The van der Waals surface area contributed by atoms with Gasteiger partial charge in [-0.3, -0.25) is 0 Å². The van der Waals surface area contributed by atoms with Gasteiger partial charge < -0.3 is 14.6 Å². The molecule has 1 aromatic carbocycles. The summed E-state index contributed by atoms with van der Waals surface area (Å²) < 4.78 is 37.3. The Balaban J connectivity index is 2.41. The largest absolute Gasteiger partial charge is 0.497 e. The van der Waals surface area contributed by atoms with Crippen molar-refractivity contribution >= 4 is 10.0 Å². The lowest BCUT2D eigenvalue weighted by atomic mass is 9.93. The van der Waals surface area contributed by atoms with Crippen LogP contribution < -0.4 is 9.47 Å². The maximum absolute atomic E-state index is 12.8. The van der Waals surface area contributed by atoms with Gasteiger partial charge in [0.15, 0.2) is 0 Å². The molecule has 21 heavy (non-hydrogen) atoms. The van der Waals surface area contributed by atoms with Crippen LogP contribution in [-0.2, 0) is 10.0 Å². The molecule has 1 aromatic rings. The summed E-state index contributed by atoms with van der Waals surface area (Å²) in [6, 6.07) is 4.59. The standard InChI is InChI=1S/C14H21NO5S/c1-19-12-6-7-14(13(10-12)20-2)21(17,18)15(8-9-16)11-4-3-5-11/h6-7,10-11,16H,3-5,8-9H2,1-2H3. The van der Waals surface area contributed by atoms with Crippen molar-refractivity contribution in [2.45, 2.75) is 30.2 Å². The Bertz CT molecular complexity index is 583. The molecule has 0 heterocycles. The number of ether oxygens (including phenoxy) is 2. The maximum Gasteiger partial charge on any atom is 0.247 e. The molecule has 2 rings (SSSR count). The van der Waals surface area contributed by atoms with Gasteiger partial charge in [-0.25, -0.2) is 8.42 Å². The molecule has 0 atom stereocenters. The molecule has 6 nitrogen and oxygen atoms in total. The Morgan fingerprint density at radius 3 is 2.48 bits per heavy atom. The van der Waals surface area contributed by atoms with Gasteiger partial charge in [0.25, 0.3) is 0 Å². The summed E-state index contributed by atoms with van der Waals surface area (Å²) in [4.78, 5) is 0.103. The van der Waals surface area contributed by atoms with Gasteiger partial charge in [-0.1, -0.05) is 6.42 Å². The summed E-state index contributed by atoms with van der Waals surface area (Å²) in [5.74, 6) is 0.778. The minimum Gasteiger partial charge on any atom is -0.497 e. The van der Waals surface area contributed by atoms with Crippen molar-refractivity contribution in [1.82, 2.24) is 4.31 Å². The summed E-state index contributed by atoms with van der Waals surface area (Å²) in [5.41, 5.74) is 0. The van der Waals surface area contributed by atoms with E-state index in [-0.39, 0.29) is 29.8 Å². The van der Waals surface area contributed by atoms with Crippen molar-refractivity contribution in [2.75, 3.05) is 27.4 Å². The Morgan fingerprint density at radius 1 is 1.29 bits per heavy atom. The molecule has 1 saturated carbocycles. The number of rotatable bonds is 7. The minimum absolute atomic E-state index is 0.0334. The van der Waals surface area contributed by atoms with Gasteiger partial charge in [0.1, 0.15) is 16.4 Å². The second kappa shape index (κ2) is 6.64. The molecular weight excluding hydrogens is 294 g/mol. The number of hydrogen-bond acceptors (Lipinski definition) is 5. The molecule has 118 valence electrons. The van der Waals surface area contributed by atoms with E-state index in [2.05, 4.69) is 0 Å². The summed E-state index contributed by atoms with van der Waals surface area (Å²) >= 11 is 0. The van der Waals surface area contributed by atoms with Crippen LogP contribution in [0.1, 0.15) is 19.3 Å². The van der Waals surface area contributed by atoms with Crippen LogP contribution in [0.4, 0.5) is 0 Å². The number of nitrogens with zero attached hydrogens (tertiary/aromatic N) is 1. The Morgan fingerprint density at radius 2 is 2.00 bits per heavy atom. The van der Waals surface area contributed by atoms with Crippen molar-refractivity contribution in [3.05, 3.63) is 18.2 Å². The Hall–Kier alpha value is -1.31. The van der Waals surface area contributed by atoms with Crippen LogP contribution >= 0.6 is 0 Å². The van der Waals surface area contributed by atoms with Gasteiger partial charge in [-0.2, -0.15) is 4.31 Å². The normalized spacial score (nSPS) is 15.8. The van der Waals surface area contributed by atoms with Crippen LogP contribution in [0, 0.1) is 0 Å². The van der Waals surface area contributed by atoms with Gasteiger partial charge in [-0.15, -0.1) is 0 Å². The molecule has 1 N–H and O–H groups in total. The van der Waals surface area contributed by atoms with Crippen LogP contribution in [0.2, 0.25) is 0 Å². The number of aliphatic hydroxyl groups excluding tert-OH is 1. The van der Waals surface area contributed by atoms with Crippen LogP contribution in [-0.4, -0.2) is 51.2 Å². The quantitative estimate of drug-likeness (QED) is 0.819. The van der Waals surface area contributed by atoms with Gasteiger partial charge in [-0.05, 0) is 25.0 Å². The van der Waals surface area contributed by atoms with Gasteiger partial charge in [0, 0.05) is 18.7 Å². The predicted octanol–water partition coefficient (Wildman–Crippen LogP) is 1.24. The first-order valence-electron chi connectivity index (χ1n) is 6.89. The number of aliphatic hydroxyl groups is 1. The minimum atomic E-state index is -3.70. The molecule has 7 heteroatoms. The molecule has 0 bridgehead atoms. The van der Waals surface area contributed by atoms with E-state index in [1.807, 2.05) is 0 Å². The van der Waals surface area contributed by atoms with Crippen LogP contribution in [0.3, 0.4) is 0 Å². The molecule has 0 amide bonds. The molecular formula is C14H21NO5S. The zero-order valence-corrected chi connectivity index (χ0v) is 13.1. The molecule has 1 aliphatic carbocycles. The van der Waals surface area contributed by atoms with Gasteiger partial charge in [0.05, 0.1) is 20.8 Å². The van der Waals surface area contributed by atoms with Crippen molar-refractivity contribution in [2.24, 2.45) is 0 Å². The molecule has 0 aliphatic heterocycles. The van der Waals surface area contributed by atoms with E-state index in [1.165, 1.54) is 24.6 Å². The van der Waals surface area contributed by atoms with Crippen molar-refractivity contribution < 1.29 is 23.0 Å². The fourth-order valence-electron chi connectivity index (χ4n) is 2.39. The fraction of sp³-hybridized carbons (Fsp3) is 0.571. The van der Waals surface area contributed by atoms with Crippen molar-refractivity contribution in [3.63, 3.8) is 0 Å². The van der Waals surface area contributed by atoms with E-state index in [0.717, 1.165) is 19.3 Å². The highest BCUT2D eigenvalue weighted by Gasteiger charge is 2.36. The first-order chi connectivity index (χ1) is 10.0. The van der Waals surface area contributed by atoms with Gasteiger partial charge >= 0.3 is 0 Å². The van der Waals surface area contributed by atoms with E-state index in [4.69, 9.17) is 14.6 Å². The number of benzene rings is 1. The zero-order chi connectivity index (χ0) is 15.5. The zero-order valence-electron chi connectivity index (χ0n) is 12.3. The monoisotopic (exact) mass is 315 g/mol. The third-order valence-corrected chi connectivity index (χ3v) is 5.75. The summed E-state index contributed by atoms with van der Waals surface area (Å²) in [6.07, 6.45) is 2.68. The first kappa shape index (κ1) is 16.1. The lowest BCUT2D eigenvalue weighted by Crippen LogP contribution is -2.45. The van der Waals surface area contributed by atoms with Crippen LogP contribution in [0.5, 0.6) is 11.5 Å². The topological polar surface area (TPSA) is 76.1 Å². The first-order valence-corrected chi connectivity index (χ1v) is 8.33. The highest BCUT2D eigenvalue weighted by Crippen LogP contribution is 2.34. The van der Waals surface area contributed by atoms with E-state index >= 15 is 0 Å². The van der Waals surface area contributed by atoms with E-state index in [9.17, 15) is 8.42 Å². The Kier molecular flexibility index (Phi) is 5.08. The summed E-state index contributed by atoms with van der Waals surface area (Å²) in [6.45, 7) is -0.101. The third-order valence-electron chi connectivity index (χ3n) is 3.76. The number of sulfonamides is 1. The highest BCUT2D eigenvalue weighted by molar-refractivity contribution is 7.89. The lowest BCUT2D eigenvalue weighted by molar-refractivity contribution is 0.178. The van der Waals surface area contributed by atoms with Crippen LogP contribution in [0.15, 0.2) is 23.1 Å². The van der Waals surface area contributed by atoms with Crippen molar-refractivity contribution in [3.8, 4) is 11.5 Å². The van der Waals surface area contributed by atoms with E-state index in [1.54, 1.807) is 12.1 Å². The molecule has 0 saturated heterocycles. The predicted molar refractivity (Wildman–Crippen MR) is 78.2 cm³/mol. The average Bonchev–Trinajstić information content (AvgIpc) is 2.44. The van der Waals surface area contributed by atoms with Gasteiger partial charge in [0.2, 0.25) is 10.0 Å². The smallest absolute Gasteiger partial charge is 0.247 e. The number of methoxy groups -OCH3 is 2. The molecule has 0 aromatic heterocycles. The molecule has 0 unspecified atom stereocenters. The SMILES string of the molecule is COc1ccc(S(=O)(=O)N(CCO)C2CCC2)c(OC)c1. The average molecular weight is 315 g/mol. The maximum atomic E-state index is 12.8. The fourth-order valence-corrected chi connectivity index (χ4v) is 4.20. The number of hydrogen-bond donors (Lipinski definition) is 1. The lowest BCUT2D eigenvalue weighted by Gasteiger charge is -2.36. The third kappa shape index (κ3) is 3.14. The molecule has 0 radical (unpaired) electrons. The highest BCUT2D eigenvalue weighted by atomic mass is 32.2. The van der Waals surface area contributed by atoms with Crippen molar-refractivity contribution in [1.29, 1.82) is 0 Å². The second-order valence-corrected chi connectivity index (χ2v) is 6.80. The van der Waals surface area contributed by atoms with Crippen LogP contribution in [0.25, 0.3) is 0 Å². The molecule has 1 aliphatic rings. The summed E-state index contributed by atoms with van der Waals surface area (Å²) in [7, 11) is -0.765. The second-order valence-electron chi connectivity index (χ2n) is 4.94. The molecule has 0 spiro atoms. The van der Waals surface area contributed by atoms with E-state index in [0.29, 0.717) is 5.75 Å².